The number of piperidine rings is 1. The Morgan fingerprint density at radius 2 is 1.93 bits per heavy atom. The number of carboxylic acids is 1. The van der Waals surface area contributed by atoms with Gasteiger partial charge in [-0.3, -0.25) is 9.69 Å². The highest BCUT2D eigenvalue weighted by Crippen LogP contribution is 2.34. The summed E-state index contributed by atoms with van der Waals surface area (Å²) in [4.78, 5) is 25.8. The van der Waals surface area contributed by atoms with Gasteiger partial charge in [0, 0.05) is 12.6 Å². The summed E-state index contributed by atoms with van der Waals surface area (Å²) in [7, 11) is 2.14. The molecule has 0 aromatic heterocycles. The first-order valence-electron chi connectivity index (χ1n) is 9.38. The predicted molar refractivity (Wildman–Crippen MR) is 105 cm³/mol. The van der Waals surface area contributed by atoms with E-state index in [1.807, 2.05) is 6.07 Å². The highest BCUT2D eigenvalue weighted by molar-refractivity contribution is 5.88. The van der Waals surface area contributed by atoms with Crippen LogP contribution >= 0.6 is 0 Å². The molecule has 0 spiro atoms. The first-order valence-corrected chi connectivity index (χ1v) is 9.38. The molecule has 5 heteroatoms. The third-order valence-electron chi connectivity index (χ3n) is 5.25. The minimum Gasteiger partial charge on any atom is -0.478 e. The number of carbonyl (C=O) groups is 2. The van der Waals surface area contributed by atoms with Crippen molar-refractivity contribution in [2.24, 2.45) is 5.92 Å². The molecule has 0 bridgehead atoms. The second-order valence-electron chi connectivity index (χ2n) is 7.22. The highest BCUT2D eigenvalue weighted by atomic mass is 16.4. The molecule has 1 amide bonds. The zero-order valence-corrected chi connectivity index (χ0v) is 15.6. The Morgan fingerprint density at radius 3 is 2.67 bits per heavy atom. The molecule has 1 heterocycles. The van der Waals surface area contributed by atoms with Crippen LogP contribution in [0, 0.1) is 5.92 Å². The molecule has 5 nitrogen and oxygen atoms in total. The van der Waals surface area contributed by atoms with Crippen molar-refractivity contribution in [1.82, 2.24) is 10.2 Å². The molecule has 0 saturated carbocycles. The van der Waals surface area contributed by atoms with Crippen molar-refractivity contribution in [3.63, 3.8) is 0 Å². The van der Waals surface area contributed by atoms with Crippen LogP contribution in [0.5, 0.6) is 0 Å². The van der Waals surface area contributed by atoms with Gasteiger partial charge in [-0.05, 0) is 55.6 Å². The average Bonchev–Trinajstić information content (AvgIpc) is 2.67. The maximum atomic E-state index is 12.4. The number of hydrogen-bond donors (Lipinski definition) is 2. The number of likely N-dealkylation sites (tertiary alicyclic amines) is 1. The molecular weight excluding hydrogens is 340 g/mol. The molecule has 3 rings (SSSR count). The first kappa shape index (κ1) is 19.1. The van der Waals surface area contributed by atoms with Crippen LogP contribution in [0.4, 0.5) is 0 Å². The lowest BCUT2D eigenvalue weighted by Crippen LogP contribution is -2.42. The number of carbonyl (C=O) groups excluding carboxylic acids is 1. The Labute approximate surface area is 160 Å². The molecule has 1 fully saturated rings. The molecule has 2 aromatic rings. The quantitative estimate of drug-likeness (QED) is 0.824. The van der Waals surface area contributed by atoms with Crippen LogP contribution in [-0.2, 0) is 11.2 Å². The van der Waals surface area contributed by atoms with Crippen molar-refractivity contribution in [2.45, 2.75) is 25.3 Å². The molecule has 1 aliphatic heterocycles. The number of amides is 1. The molecule has 142 valence electrons. The molecule has 0 radical (unpaired) electrons. The standard InChI is InChI=1S/C22H26N2O3/c1-24-12-6-11-19(21(24)17-8-3-2-4-9-17)15-23-20(25)14-16-7-5-10-18(13-16)22(26)27/h2-5,7-10,13,19,21H,6,11-12,14-15H2,1H3,(H,23,25)(H,26,27)/t19-,21-/m0/s1. The van der Waals surface area contributed by atoms with Gasteiger partial charge in [0.25, 0.3) is 0 Å². The van der Waals surface area contributed by atoms with Crippen molar-refractivity contribution in [3.8, 4) is 0 Å². The van der Waals surface area contributed by atoms with Gasteiger partial charge in [-0.2, -0.15) is 0 Å². The Bertz CT molecular complexity index is 791. The minimum atomic E-state index is -0.979. The number of hydrogen-bond acceptors (Lipinski definition) is 3. The zero-order chi connectivity index (χ0) is 19.2. The summed E-state index contributed by atoms with van der Waals surface area (Å²) < 4.78 is 0. The molecule has 2 aromatic carbocycles. The van der Waals surface area contributed by atoms with E-state index in [-0.39, 0.29) is 17.9 Å². The van der Waals surface area contributed by atoms with Gasteiger partial charge in [0.15, 0.2) is 0 Å². The molecule has 0 aliphatic carbocycles. The van der Waals surface area contributed by atoms with E-state index in [2.05, 4.69) is 41.5 Å². The summed E-state index contributed by atoms with van der Waals surface area (Å²) in [6.07, 6.45) is 2.40. The van der Waals surface area contributed by atoms with E-state index in [0.29, 0.717) is 24.1 Å². The SMILES string of the molecule is CN1CCC[C@@H](CNC(=O)Cc2cccc(C(=O)O)c2)[C@@H]1c1ccccc1. The van der Waals surface area contributed by atoms with Crippen LogP contribution in [0.25, 0.3) is 0 Å². The van der Waals surface area contributed by atoms with Crippen molar-refractivity contribution >= 4 is 11.9 Å². The highest BCUT2D eigenvalue weighted by Gasteiger charge is 2.30. The predicted octanol–water partition coefficient (Wildman–Crippen LogP) is 3.13. The minimum absolute atomic E-state index is 0.0717. The largest absolute Gasteiger partial charge is 0.478 e. The number of aromatic carboxylic acids is 1. The fourth-order valence-corrected chi connectivity index (χ4v) is 3.96. The van der Waals surface area contributed by atoms with E-state index in [0.717, 1.165) is 19.4 Å². The summed E-state index contributed by atoms with van der Waals surface area (Å²) >= 11 is 0. The van der Waals surface area contributed by atoms with E-state index in [9.17, 15) is 9.59 Å². The van der Waals surface area contributed by atoms with Gasteiger partial charge in [-0.1, -0.05) is 42.5 Å². The van der Waals surface area contributed by atoms with Crippen LogP contribution in [0.1, 0.15) is 40.4 Å². The van der Waals surface area contributed by atoms with Crippen LogP contribution in [0.2, 0.25) is 0 Å². The monoisotopic (exact) mass is 366 g/mol. The lowest BCUT2D eigenvalue weighted by atomic mass is 9.85. The third-order valence-corrected chi connectivity index (χ3v) is 5.25. The van der Waals surface area contributed by atoms with Gasteiger partial charge < -0.3 is 10.4 Å². The lowest BCUT2D eigenvalue weighted by molar-refractivity contribution is -0.120. The third kappa shape index (κ3) is 4.95. The molecule has 1 saturated heterocycles. The van der Waals surface area contributed by atoms with Gasteiger partial charge in [0.2, 0.25) is 5.91 Å². The van der Waals surface area contributed by atoms with Crippen molar-refractivity contribution in [1.29, 1.82) is 0 Å². The van der Waals surface area contributed by atoms with Gasteiger partial charge in [0.1, 0.15) is 0 Å². The summed E-state index contributed by atoms with van der Waals surface area (Å²) in [6, 6.07) is 17.3. The van der Waals surface area contributed by atoms with Crippen LogP contribution in [-0.4, -0.2) is 42.0 Å². The van der Waals surface area contributed by atoms with Gasteiger partial charge in [0.05, 0.1) is 12.0 Å². The van der Waals surface area contributed by atoms with Crippen molar-refractivity contribution in [2.75, 3.05) is 20.1 Å². The normalized spacial score (nSPS) is 20.2. The van der Waals surface area contributed by atoms with E-state index in [1.54, 1.807) is 18.2 Å². The topological polar surface area (TPSA) is 69.6 Å². The van der Waals surface area contributed by atoms with Crippen LogP contribution < -0.4 is 5.32 Å². The Hall–Kier alpha value is -2.66. The Kier molecular flexibility index (Phi) is 6.24. The number of carboxylic acid groups (broad SMARTS) is 1. The number of rotatable bonds is 6. The second-order valence-corrected chi connectivity index (χ2v) is 7.22. The average molecular weight is 366 g/mol. The maximum Gasteiger partial charge on any atom is 0.335 e. The Morgan fingerprint density at radius 1 is 1.15 bits per heavy atom. The molecule has 2 atom stereocenters. The molecule has 0 unspecified atom stereocenters. The number of benzene rings is 2. The summed E-state index contributed by atoms with van der Waals surface area (Å²) in [5, 5.41) is 12.1. The molecule has 27 heavy (non-hydrogen) atoms. The van der Waals surface area contributed by atoms with Gasteiger partial charge >= 0.3 is 5.97 Å². The van der Waals surface area contributed by atoms with E-state index >= 15 is 0 Å². The van der Waals surface area contributed by atoms with Crippen LogP contribution in [0.3, 0.4) is 0 Å². The van der Waals surface area contributed by atoms with E-state index < -0.39 is 5.97 Å². The van der Waals surface area contributed by atoms with Crippen molar-refractivity contribution in [3.05, 3.63) is 71.3 Å². The maximum absolute atomic E-state index is 12.4. The summed E-state index contributed by atoms with van der Waals surface area (Å²) in [6.45, 7) is 1.69. The van der Waals surface area contributed by atoms with Crippen molar-refractivity contribution < 1.29 is 14.7 Å². The second kappa shape index (κ2) is 8.82. The smallest absolute Gasteiger partial charge is 0.335 e. The fraction of sp³-hybridized carbons (Fsp3) is 0.364. The molecular formula is C22H26N2O3. The fourth-order valence-electron chi connectivity index (χ4n) is 3.96. The number of nitrogens with zero attached hydrogens (tertiary/aromatic N) is 1. The van der Waals surface area contributed by atoms with Gasteiger partial charge in [-0.25, -0.2) is 4.79 Å². The summed E-state index contributed by atoms with van der Waals surface area (Å²) in [5.41, 5.74) is 2.21. The molecule has 1 aliphatic rings. The van der Waals surface area contributed by atoms with E-state index in [1.165, 1.54) is 11.6 Å². The molecule has 2 N–H and O–H groups in total. The van der Waals surface area contributed by atoms with Gasteiger partial charge in [-0.15, -0.1) is 0 Å². The first-order chi connectivity index (χ1) is 13.0. The number of nitrogens with one attached hydrogen (secondary N) is 1. The van der Waals surface area contributed by atoms with E-state index in [4.69, 9.17) is 5.11 Å². The lowest BCUT2D eigenvalue weighted by Gasteiger charge is -2.39. The zero-order valence-electron chi connectivity index (χ0n) is 15.6. The summed E-state index contributed by atoms with van der Waals surface area (Å²) in [5.74, 6) is -0.689. The van der Waals surface area contributed by atoms with Crippen LogP contribution in [0.15, 0.2) is 54.6 Å². The Balaban J connectivity index is 1.61.